The predicted molar refractivity (Wildman–Crippen MR) is 251 cm³/mol. The van der Waals surface area contributed by atoms with Gasteiger partial charge in [0.25, 0.3) is 0 Å². The highest BCUT2D eigenvalue weighted by molar-refractivity contribution is 9.11. The summed E-state index contributed by atoms with van der Waals surface area (Å²) in [5.74, 6) is 0. The molecule has 0 aliphatic rings. The number of aromatic amines is 1. The molecule has 4 nitrogen and oxygen atoms in total. The zero-order valence-corrected chi connectivity index (χ0v) is 37.9. The molecule has 0 spiro atoms. The van der Waals surface area contributed by atoms with E-state index >= 15 is 0 Å². The van der Waals surface area contributed by atoms with E-state index in [0.717, 1.165) is 41.6 Å². The van der Waals surface area contributed by atoms with Crippen LogP contribution in [0.3, 0.4) is 0 Å². The van der Waals surface area contributed by atoms with Crippen LogP contribution in [0.25, 0.3) is 50.5 Å². The van der Waals surface area contributed by atoms with E-state index in [-0.39, 0.29) is 10.8 Å². The average molecular weight is 944 g/mol. The Morgan fingerprint density at radius 3 is 1.40 bits per heavy atom. The Kier molecular flexibility index (Phi) is 13.7. The third-order valence-electron chi connectivity index (χ3n) is 9.45. The molecule has 57 heavy (non-hydrogen) atoms. The molecule has 7 heteroatoms. The summed E-state index contributed by atoms with van der Waals surface area (Å²) in [7, 11) is 0. The molecular formula is C50H47Br3N4. The van der Waals surface area contributed by atoms with E-state index in [1.54, 1.807) is 6.33 Å². The largest absolute Gasteiger partial charge is 0.345 e. The van der Waals surface area contributed by atoms with Gasteiger partial charge in [0.05, 0.1) is 30.2 Å². The van der Waals surface area contributed by atoms with Gasteiger partial charge in [-0.05, 0) is 86.2 Å². The van der Waals surface area contributed by atoms with Crippen LogP contribution in [0.2, 0.25) is 0 Å². The number of hydrogen-bond acceptors (Lipinski definition) is 2. The van der Waals surface area contributed by atoms with E-state index < -0.39 is 0 Å². The van der Waals surface area contributed by atoms with Crippen molar-refractivity contribution in [2.24, 2.45) is 0 Å². The summed E-state index contributed by atoms with van der Waals surface area (Å²) in [6, 6.07) is 50.8. The maximum Gasteiger partial charge on any atom is 0.0999 e. The van der Waals surface area contributed by atoms with Gasteiger partial charge in [-0.15, -0.1) is 0 Å². The number of nitrogens with zero attached hydrogens (tertiary/aromatic N) is 3. The standard InChI is InChI=1S/C25H23BrN2.C15H12N2.C10H12Br2/c1-25(2,3)21-13-22(26)15-23(14-21)28-16-24(27-17-28)20-11-9-19(10-12-20)18-7-5-4-6-8-18;1-2-4-12(5-3-1)13-6-8-14(9-7-13)15-10-16-11-17-15;1-10(2,3)7-4-8(11)6-9(12)5-7/h4-17H,1-3H3;1-11H,(H,16,17);4-6H,1-3H3. The highest BCUT2D eigenvalue weighted by Crippen LogP contribution is 2.31. The molecule has 0 saturated heterocycles. The molecule has 0 atom stereocenters. The zero-order chi connectivity index (χ0) is 40.6. The van der Waals surface area contributed by atoms with Crippen molar-refractivity contribution in [3.63, 3.8) is 0 Å². The fourth-order valence-electron chi connectivity index (χ4n) is 6.11. The quantitative estimate of drug-likeness (QED) is 0.187. The van der Waals surface area contributed by atoms with E-state index in [9.17, 15) is 0 Å². The second kappa shape index (κ2) is 18.6. The first-order valence-corrected chi connectivity index (χ1v) is 21.2. The third-order valence-corrected chi connectivity index (χ3v) is 10.8. The first-order valence-electron chi connectivity index (χ1n) is 18.8. The van der Waals surface area contributed by atoms with Crippen molar-refractivity contribution in [2.75, 3.05) is 0 Å². The molecule has 2 aromatic heterocycles. The molecule has 6 aromatic carbocycles. The van der Waals surface area contributed by atoms with Gasteiger partial charge in [0, 0.05) is 30.9 Å². The van der Waals surface area contributed by atoms with Gasteiger partial charge in [-0.1, -0.05) is 199 Å². The minimum absolute atomic E-state index is 0.0925. The highest BCUT2D eigenvalue weighted by atomic mass is 79.9. The summed E-state index contributed by atoms with van der Waals surface area (Å²) < 4.78 is 5.42. The maximum atomic E-state index is 4.63. The molecule has 288 valence electrons. The van der Waals surface area contributed by atoms with Crippen LogP contribution < -0.4 is 0 Å². The smallest absolute Gasteiger partial charge is 0.0999 e. The number of rotatable bonds is 5. The molecule has 0 saturated carbocycles. The summed E-state index contributed by atoms with van der Waals surface area (Å²) in [5.41, 5.74) is 13.2. The molecule has 2 heterocycles. The van der Waals surface area contributed by atoms with Crippen LogP contribution in [0.5, 0.6) is 0 Å². The number of hydrogen-bond donors (Lipinski definition) is 1. The fourth-order valence-corrected chi connectivity index (χ4v) is 7.88. The summed E-state index contributed by atoms with van der Waals surface area (Å²) in [4.78, 5) is 11.8. The van der Waals surface area contributed by atoms with Crippen molar-refractivity contribution in [1.82, 2.24) is 19.5 Å². The molecular weight excluding hydrogens is 896 g/mol. The van der Waals surface area contributed by atoms with Gasteiger partial charge in [0.1, 0.15) is 0 Å². The SMILES string of the molecule is CC(C)(C)c1cc(Br)cc(-n2cnc(-c3ccc(-c4ccccc4)cc3)c2)c1.CC(C)(C)c1cc(Br)cc(Br)c1.c1ccc(-c2ccc(-c3cnc[nH]3)cc2)cc1. The van der Waals surface area contributed by atoms with E-state index in [0.29, 0.717) is 0 Å². The van der Waals surface area contributed by atoms with Gasteiger partial charge in [-0.2, -0.15) is 0 Å². The Morgan fingerprint density at radius 1 is 0.491 bits per heavy atom. The highest BCUT2D eigenvalue weighted by Gasteiger charge is 2.16. The molecule has 8 aromatic rings. The van der Waals surface area contributed by atoms with Crippen LogP contribution in [-0.4, -0.2) is 19.5 Å². The van der Waals surface area contributed by atoms with Gasteiger partial charge in [0.15, 0.2) is 0 Å². The summed E-state index contributed by atoms with van der Waals surface area (Å²) in [5, 5.41) is 0. The van der Waals surface area contributed by atoms with Crippen LogP contribution >= 0.6 is 47.8 Å². The fraction of sp³-hybridized carbons (Fsp3) is 0.160. The third kappa shape index (κ3) is 11.6. The van der Waals surface area contributed by atoms with Crippen molar-refractivity contribution in [1.29, 1.82) is 0 Å². The van der Waals surface area contributed by atoms with E-state index in [2.05, 4.69) is 249 Å². The summed E-state index contributed by atoms with van der Waals surface area (Å²) in [6.45, 7) is 13.3. The van der Waals surface area contributed by atoms with Gasteiger partial charge < -0.3 is 9.55 Å². The second-order valence-corrected chi connectivity index (χ2v) is 18.6. The monoisotopic (exact) mass is 940 g/mol. The van der Waals surface area contributed by atoms with Crippen molar-refractivity contribution in [3.05, 3.63) is 195 Å². The van der Waals surface area contributed by atoms with E-state index in [1.807, 2.05) is 24.7 Å². The molecule has 0 bridgehead atoms. The summed E-state index contributed by atoms with van der Waals surface area (Å²) >= 11 is 10.6. The topological polar surface area (TPSA) is 46.5 Å². The molecule has 0 fully saturated rings. The van der Waals surface area contributed by atoms with E-state index in [1.165, 1.54) is 33.4 Å². The lowest BCUT2D eigenvalue weighted by atomic mass is 9.87. The van der Waals surface area contributed by atoms with Crippen molar-refractivity contribution in [2.45, 2.75) is 52.4 Å². The Labute approximate surface area is 362 Å². The van der Waals surface area contributed by atoms with Crippen LogP contribution in [-0.2, 0) is 10.8 Å². The number of nitrogens with one attached hydrogen (secondary N) is 1. The normalized spacial score (nSPS) is 11.2. The maximum absolute atomic E-state index is 4.63. The second-order valence-electron chi connectivity index (χ2n) is 15.9. The lowest BCUT2D eigenvalue weighted by molar-refractivity contribution is 0.589. The lowest BCUT2D eigenvalue weighted by Gasteiger charge is -2.20. The van der Waals surface area contributed by atoms with Crippen LogP contribution in [0.15, 0.2) is 184 Å². The summed E-state index contributed by atoms with van der Waals surface area (Å²) in [6.07, 6.45) is 7.50. The number of H-pyrrole nitrogens is 1. The van der Waals surface area contributed by atoms with Gasteiger partial charge in [0.2, 0.25) is 0 Å². The van der Waals surface area contributed by atoms with Gasteiger partial charge >= 0.3 is 0 Å². The Morgan fingerprint density at radius 2 is 0.930 bits per heavy atom. The zero-order valence-electron chi connectivity index (χ0n) is 33.1. The number of aromatic nitrogens is 4. The molecule has 0 radical (unpaired) electrons. The van der Waals surface area contributed by atoms with Crippen LogP contribution in [0.4, 0.5) is 0 Å². The Hall–Kier alpha value is -4.82. The van der Waals surface area contributed by atoms with Crippen molar-refractivity contribution in [3.8, 4) is 50.5 Å². The van der Waals surface area contributed by atoms with Crippen LogP contribution in [0.1, 0.15) is 52.7 Å². The molecule has 0 amide bonds. The molecule has 0 aliphatic carbocycles. The Balaban J connectivity index is 0.000000160. The molecule has 8 rings (SSSR count). The Bertz CT molecular complexity index is 2460. The number of imidazole rings is 2. The predicted octanol–water partition coefficient (Wildman–Crippen LogP) is 15.5. The van der Waals surface area contributed by atoms with Crippen LogP contribution in [0, 0.1) is 0 Å². The number of halogens is 3. The van der Waals surface area contributed by atoms with Gasteiger partial charge in [-0.3, -0.25) is 0 Å². The molecule has 0 unspecified atom stereocenters. The lowest BCUT2D eigenvalue weighted by Crippen LogP contribution is -2.11. The average Bonchev–Trinajstić information content (AvgIpc) is 3.92. The minimum atomic E-state index is 0.0925. The van der Waals surface area contributed by atoms with E-state index in [4.69, 9.17) is 0 Å². The van der Waals surface area contributed by atoms with Gasteiger partial charge in [-0.25, -0.2) is 9.97 Å². The van der Waals surface area contributed by atoms with Crippen molar-refractivity contribution >= 4 is 47.8 Å². The van der Waals surface area contributed by atoms with Crippen molar-refractivity contribution < 1.29 is 0 Å². The first-order chi connectivity index (χ1) is 27.2. The molecule has 1 N–H and O–H groups in total. The number of benzene rings is 6. The first kappa shape index (κ1) is 41.8. The minimum Gasteiger partial charge on any atom is -0.345 e. The molecule has 0 aliphatic heterocycles.